The quantitative estimate of drug-likeness (QED) is 0.875. The monoisotopic (exact) mass is 268 g/mol. The summed E-state index contributed by atoms with van der Waals surface area (Å²) in [5.41, 5.74) is 0.798. The van der Waals surface area contributed by atoms with Crippen molar-refractivity contribution in [3.63, 3.8) is 0 Å². The molecule has 1 atom stereocenters. The highest BCUT2D eigenvalue weighted by molar-refractivity contribution is 7.08. The fraction of sp³-hybridized carbons (Fsp3) is 0.750. The van der Waals surface area contributed by atoms with Crippen molar-refractivity contribution in [2.24, 2.45) is 0 Å². The average molecular weight is 268 g/mol. The first kappa shape index (κ1) is 13.4. The zero-order chi connectivity index (χ0) is 13.0. The number of rotatable bonds is 5. The zero-order valence-corrected chi connectivity index (χ0v) is 11.8. The Morgan fingerprint density at radius 3 is 2.89 bits per heavy atom. The standard InChI is InChI=1S/C12H20N4OS/c1-3-10-11(18-15-14-10)12(17)13-8-9(2)16-6-4-5-7-16/h9H,3-8H2,1-2H3,(H,13,17)/t9-/m0/s1. The lowest BCUT2D eigenvalue weighted by Gasteiger charge is -2.23. The van der Waals surface area contributed by atoms with Gasteiger partial charge < -0.3 is 5.32 Å². The summed E-state index contributed by atoms with van der Waals surface area (Å²) >= 11 is 1.18. The van der Waals surface area contributed by atoms with E-state index in [1.54, 1.807) is 0 Å². The van der Waals surface area contributed by atoms with Gasteiger partial charge in [0.25, 0.3) is 5.91 Å². The largest absolute Gasteiger partial charge is 0.350 e. The van der Waals surface area contributed by atoms with Gasteiger partial charge in [0.15, 0.2) is 0 Å². The van der Waals surface area contributed by atoms with E-state index in [2.05, 4.69) is 26.7 Å². The van der Waals surface area contributed by atoms with Gasteiger partial charge >= 0.3 is 0 Å². The molecule has 2 rings (SSSR count). The van der Waals surface area contributed by atoms with Crippen molar-refractivity contribution >= 4 is 17.4 Å². The molecule has 1 aromatic rings. The Labute approximate surface area is 112 Å². The Kier molecular flexibility index (Phi) is 4.66. The highest BCUT2D eigenvalue weighted by atomic mass is 32.1. The predicted octanol–water partition coefficient (Wildman–Crippen LogP) is 1.31. The van der Waals surface area contributed by atoms with Crippen LogP contribution in [0.4, 0.5) is 0 Å². The molecule has 0 bridgehead atoms. The molecule has 1 aliphatic rings. The van der Waals surface area contributed by atoms with Gasteiger partial charge in [0.05, 0.1) is 5.69 Å². The van der Waals surface area contributed by atoms with Gasteiger partial charge in [-0.05, 0) is 50.8 Å². The number of carbonyl (C=O) groups is 1. The van der Waals surface area contributed by atoms with Gasteiger partial charge in [-0.15, -0.1) is 5.10 Å². The SMILES string of the molecule is CCc1nnsc1C(=O)NC[C@H](C)N1CCCC1. The second-order valence-corrected chi connectivity index (χ2v) is 5.46. The number of carbonyl (C=O) groups excluding carboxylic acids is 1. The number of amides is 1. The summed E-state index contributed by atoms with van der Waals surface area (Å²) in [6.45, 7) is 7.15. The molecule has 6 heteroatoms. The molecule has 0 spiro atoms. The van der Waals surface area contributed by atoms with Crippen LogP contribution in [0.25, 0.3) is 0 Å². The lowest BCUT2D eigenvalue weighted by Crippen LogP contribution is -2.40. The molecule has 0 aromatic carbocycles. The van der Waals surface area contributed by atoms with Crippen LogP contribution in [0.3, 0.4) is 0 Å². The van der Waals surface area contributed by atoms with Gasteiger partial charge in [0, 0.05) is 12.6 Å². The van der Waals surface area contributed by atoms with Crippen molar-refractivity contribution in [3.8, 4) is 0 Å². The third kappa shape index (κ3) is 3.05. The van der Waals surface area contributed by atoms with E-state index < -0.39 is 0 Å². The van der Waals surface area contributed by atoms with Crippen molar-refractivity contribution in [2.75, 3.05) is 19.6 Å². The van der Waals surface area contributed by atoms with E-state index in [0.29, 0.717) is 17.5 Å². The molecule has 0 radical (unpaired) electrons. The fourth-order valence-electron chi connectivity index (χ4n) is 2.24. The number of hydrogen-bond acceptors (Lipinski definition) is 5. The van der Waals surface area contributed by atoms with E-state index in [9.17, 15) is 4.79 Å². The molecule has 5 nitrogen and oxygen atoms in total. The Morgan fingerprint density at radius 2 is 2.22 bits per heavy atom. The third-order valence-electron chi connectivity index (χ3n) is 3.42. The highest BCUT2D eigenvalue weighted by Crippen LogP contribution is 2.12. The molecule has 1 aliphatic heterocycles. The lowest BCUT2D eigenvalue weighted by atomic mass is 10.2. The molecule has 1 fully saturated rings. The van der Waals surface area contributed by atoms with Gasteiger partial charge in [-0.2, -0.15) is 0 Å². The van der Waals surface area contributed by atoms with Crippen LogP contribution in [0, 0.1) is 0 Å². The molecular weight excluding hydrogens is 248 g/mol. The Bertz CT molecular complexity index is 401. The molecule has 100 valence electrons. The Hall–Kier alpha value is -1.01. The first-order valence-corrected chi connectivity index (χ1v) is 7.33. The summed E-state index contributed by atoms with van der Waals surface area (Å²) in [5.74, 6) is -0.0344. The number of aromatic nitrogens is 2. The van der Waals surface area contributed by atoms with Crippen molar-refractivity contribution in [1.29, 1.82) is 0 Å². The van der Waals surface area contributed by atoms with Gasteiger partial charge in [-0.3, -0.25) is 9.69 Å². The minimum absolute atomic E-state index is 0.0344. The molecule has 1 aromatic heterocycles. The third-order valence-corrected chi connectivity index (χ3v) is 4.19. The highest BCUT2D eigenvalue weighted by Gasteiger charge is 2.20. The van der Waals surface area contributed by atoms with Crippen molar-refractivity contribution in [1.82, 2.24) is 19.8 Å². The van der Waals surface area contributed by atoms with Crippen LogP contribution in [-0.2, 0) is 6.42 Å². The fourth-order valence-corrected chi connectivity index (χ4v) is 2.91. The van der Waals surface area contributed by atoms with Crippen LogP contribution in [0.1, 0.15) is 42.1 Å². The Morgan fingerprint density at radius 1 is 1.50 bits per heavy atom. The van der Waals surface area contributed by atoms with E-state index in [4.69, 9.17) is 0 Å². The molecule has 18 heavy (non-hydrogen) atoms. The maximum atomic E-state index is 12.0. The number of aryl methyl sites for hydroxylation is 1. The van der Waals surface area contributed by atoms with Crippen LogP contribution < -0.4 is 5.32 Å². The molecule has 1 saturated heterocycles. The average Bonchev–Trinajstić information content (AvgIpc) is 3.04. The van der Waals surface area contributed by atoms with Crippen LogP contribution in [-0.4, -0.2) is 46.1 Å². The van der Waals surface area contributed by atoms with Crippen molar-refractivity contribution in [2.45, 2.75) is 39.2 Å². The van der Waals surface area contributed by atoms with Gasteiger partial charge in [-0.1, -0.05) is 11.4 Å². The van der Waals surface area contributed by atoms with Crippen molar-refractivity contribution in [3.05, 3.63) is 10.6 Å². The summed E-state index contributed by atoms with van der Waals surface area (Å²) < 4.78 is 3.84. The van der Waals surface area contributed by atoms with E-state index in [1.165, 1.54) is 24.4 Å². The second-order valence-electron chi connectivity index (χ2n) is 4.70. The van der Waals surface area contributed by atoms with E-state index in [0.717, 1.165) is 25.2 Å². The Balaban J connectivity index is 1.84. The summed E-state index contributed by atoms with van der Waals surface area (Å²) in [6.07, 6.45) is 3.30. The number of likely N-dealkylation sites (tertiary alicyclic amines) is 1. The van der Waals surface area contributed by atoms with Crippen LogP contribution in [0.2, 0.25) is 0 Å². The summed E-state index contributed by atoms with van der Waals surface area (Å²) in [4.78, 5) is 15.1. The maximum Gasteiger partial charge on any atom is 0.265 e. The van der Waals surface area contributed by atoms with E-state index in [1.807, 2.05) is 6.92 Å². The predicted molar refractivity (Wildman–Crippen MR) is 71.9 cm³/mol. The molecule has 0 aliphatic carbocycles. The van der Waals surface area contributed by atoms with Gasteiger partial charge in [0.2, 0.25) is 0 Å². The minimum Gasteiger partial charge on any atom is -0.350 e. The number of nitrogens with one attached hydrogen (secondary N) is 1. The first-order valence-electron chi connectivity index (χ1n) is 6.55. The molecule has 2 heterocycles. The molecular formula is C12H20N4OS. The normalized spacial score (nSPS) is 17.9. The van der Waals surface area contributed by atoms with Gasteiger partial charge in [0.1, 0.15) is 4.88 Å². The number of hydrogen-bond donors (Lipinski definition) is 1. The lowest BCUT2D eigenvalue weighted by molar-refractivity contribution is 0.0943. The maximum absolute atomic E-state index is 12.0. The van der Waals surface area contributed by atoms with Gasteiger partial charge in [-0.25, -0.2) is 0 Å². The van der Waals surface area contributed by atoms with E-state index >= 15 is 0 Å². The molecule has 1 N–H and O–H groups in total. The molecule has 0 saturated carbocycles. The molecule has 1 amide bonds. The number of nitrogens with zero attached hydrogens (tertiary/aromatic N) is 3. The van der Waals surface area contributed by atoms with Crippen LogP contribution in [0.15, 0.2) is 0 Å². The van der Waals surface area contributed by atoms with Crippen LogP contribution in [0.5, 0.6) is 0 Å². The van der Waals surface area contributed by atoms with Crippen LogP contribution >= 0.6 is 11.5 Å². The summed E-state index contributed by atoms with van der Waals surface area (Å²) in [6, 6.07) is 0.405. The van der Waals surface area contributed by atoms with E-state index in [-0.39, 0.29) is 5.91 Å². The van der Waals surface area contributed by atoms with Crippen molar-refractivity contribution < 1.29 is 4.79 Å². The second kappa shape index (κ2) is 6.24. The zero-order valence-electron chi connectivity index (χ0n) is 11.0. The summed E-state index contributed by atoms with van der Waals surface area (Å²) in [5, 5.41) is 6.94. The minimum atomic E-state index is -0.0344. The first-order chi connectivity index (χ1) is 8.72. The topological polar surface area (TPSA) is 58.1 Å². The molecule has 0 unspecified atom stereocenters. The summed E-state index contributed by atoms with van der Waals surface area (Å²) in [7, 11) is 0. The smallest absolute Gasteiger partial charge is 0.265 e.